The van der Waals surface area contributed by atoms with Gasteiger partial charge in [-0.25, -0.2) is 4.98 Å². The maximum atomic E-state index is 11.8. The Morgan fingerprint density at radius 2 is 2.05 bits per heavy atom. The van der Waals surface area contributed by atoms with Crippen molar-refractivity contribution in [2.75, 3.05) is 26.4 Å². The first-order valence-corrected chi connectivity index (χ1v) is 14.2. The van der Waals surface area contributed by atoms with Gasteiger partial charge in [0.2, 0.25) is 5.75 Å². The number of nitrogens with two attached hydrogens (primary N) is 1. The van der Waals surface area contributed by atoms with Crippen molar-refractivity contribution in [3.8, 4) is 17.7 Å². The maximum absolute atomic E-state index is 11.8. The molecular formula is C27H33ClN6O3S. The Morgan fingerprint density at radius 1 is 1.32 bits per heavy atom. The Balaban J connectivity index is 1.54. The summed E-state index contributed by atoms with van der Waals surface area (Å²) >= 11 is 7.92. The summed E-state index contributed by atoms with van der Waals surface area (Å²) in [5.74, 6) is 0.585. The molecule has 0 bridgehead atoms. The summed E-state index contributed by atoms with van der Waals surface area (Å²) in [6.07, 6.45) is 6.28. The molecule has 2 aliphatic carbocycles. The third-order valence-corrected chi connectivity index (χ3v) is 9.65. The molecule has 5 rings (SSSR count). The minimum atomic E-state index is -0.732. The zero-order valence-electron chi connectivity index (χ0n) is 21.9. The fourth-order valence-corrected chi connectivity index (χ4v) is 7.87. The lowest BCUT2D eigenvalue weighted by atomic mass is 9.63. The van der Waals surface area contributed by atoms with E-state index in [1.54, 1.807) is 0 Å². The molecule has 11 heteroatoms. The normalized spacial score (nSPS) is 24.2. The van der Waals surface area contributed by atoms with Crippen molar-refractivity contribution in [3.63, 3.8) is 0 Å². The number of aryl methyl sites for hydroxylation is 1. The molecule has 0 aromatic carbocycles. The van der Waals surface area contributed by atoms with Gasteiger partial charge in [-0.1, -0.05) is 11.6 Å². The number of likely N-dealkylation sites (tertiary alicyclic amines) is 1. The van der Waals surface area contributed by atoms with E-state index in [1.807, 2.05) is 6.92 Å². The first kappa shape index (κ1) is 26.7. The second-order valence-corrected chi connectivity index (χ2v) is 11.9. The lowest BCUT2D eigenvalue weighted by molar-refractivity contribution is 0.113. The average Bonchev–Trinajstić information content (AvgIpc) is 3.47. The van der Waals surface area contributed by atoms with E-state index in [9.17, 15) is 10.4 Å². The highest BCUT2D eigenvalue weighted by atomic mass is 35.5. The number of aliphatic hydroxyl groups excluding tert-OH is 1. The topological polar surface area (TPSA) is 141 Å². The van der Waals surface area contributed by atoms with Gasteiger partial charge in [0, 0.05) is 16.5 Å². The number of rotatable bonds is 6. The van der Waals surface area contributed by atoms with E-state index in [0.717, 1.165) is 49.1 Å². The number of ether oxygens (including phenoxy) is 2. The number of likely N-dealkylation sites (N-methyl/N-ethyl adjacent to an activating group) is 1. The van der Waals surface area contributed by atoms with Crippen LogP contribution in [0.4, 0.5) is 5.00 Å². The lowest BCUT2D eigenvalue weighted by Gasteiger charge is -2.41. The highest BCUT2D eigenvalue weighted by Crippen LogP contribution is 2.54. The van der Waals surface area contributed by atoms with Crippen molar-refractivity contribution < 1.29 is 14.6 Å². The Morgan fingerprint density at radius 3 is 2.71 bits per heavy atom. The van der Waals surface area contributed by atoms with Gasteiger partial charge in [0.1, 0.15) is 28.6 Å². The first-order valence-electron chi connectivity index (χ1n) is 13.0. The Bertz CT molecular complexity index is 1350. The molecule has 3 atom stereocenters. The molecule has 3 aliphatic rings. The number of aliphatic hydroxyl groups is 1. The summed E-state index contributed by atoms with van der Waals surface area (Å²) in [4.78, 5) is 12.2. The molecule has 1 saturated heterocycles. The van der Waals surface area contributed by atoms with Crippen molar-refractivity contribution in [1.82, 2.24) is 14.9 Å². The fourth-order valence-electron chi connectivity index (χ4n) is 6.47. The SMILES string of the molecule is COc1c(Cl)nc(C(=N)C2=C(O)[C@@]3(CCC2)CCCc2sc(N)c(C#N)c23)nc1O[C@@H](C)[C@@H]1CCCN1C. The molecule has 0 radical (unpaired) electrons. The zero-order valence-corrected chi connectivity index (χ0v) is 23.5. The van der Waals surface area contributed by atoms with Crippen LogP contribution in [0.2, 0.25) is 5.15 Å². The molecule has 4 N–H and O–H groups in total. The van der Waals surface area contributed by atoms with Crippen molar-refractivity contribution in [1.29, 1.82) is 10.7 Å². The van der Waals surface area contributed by atoms with Crippen LogP contribution in [0, 0.1) is 16.7 Å². The zero-order chi connectivity index (χ0) is 27.2. The highest BCUT2D eigenvalue weighted by Gasteiger charge is 2.47. The minimum absolute atomic E-state index is 0.00421. The summed E-state index contributed by atoms with van der Waals surface area (Å²) in [7, 11) is 3.56. The van der Waals surface area contributed by atoms with Gasteiger partial charge < -0.3 is 20.3 Å². The predicted molar refractivity (Wildman–Crippen MR) is 148 cm³/mol. The van der Waals surface area contributed by atoms with Gasteiger partial charge in [0.25, 0.3) is 5.88 Å². The standard InChI is InChI=1S/C27H33ClN6O3S/c1-14(17-8-6-12-34(17)2)37-26-21(36-3)23(28)32-25(33-26)20(30)15-7-4-10-27(22(15)35)11-5-9-18-19(27)16(13-29)24(31)38-18/h14,17,30,35H,4-12,31H2,1-3H3/t14-,17-,27-/m0/s1. The molecule has 1 fully saturated rings. The van der Waals surface area contributed by atoms with Gasteiger partial charge in [-0.15, -0.1) is 11.3 Å². The van der Waals surface area contributed by atoms with Crippen molar-refractivity contribution in [2.24, 2.45) is 0 Å². The number of anilines is 1. The van der Waals surface area contributed by atoms with Crippen LogP contribution in [-0.2, 0) is 11.8 Å². The molecule has 2 aromatic rings. The summed E-state index contributed by atoms with van der Waals surface area (Å²) < 4.78 is 11.7. The molecule has 0 unspecified atom stereocenters. The molecule has 3 heterocycles. The average molecular weight is 557 g/mol. The number of halogens is 1. The van der Waals surface area contributed by atoms with Gasteiger partial charge >= 0.3 is 0 Å². The molecule has 1 spiro atoms. The number of aromatic nitrogens is 2. The fraction of sp³-hybridized carbons (Fsp3) is 0.556. The van der Waals surface area contributed by atoms with Crippen LogP contribution in [0.1, 0.15) is 73.7 Å². The van der Waals surface area contributed by atoms with E-state index in [1.165, 1.54) is 18.4 Å². The van der Waals surface area contributed by atoms with E-state index in [4.69, 9.17) is 32.2 Å². The highest BCUT2D eigenvalue weighted by molar-refractivity contribution is 7.16. The molecule has 0 amide bonds. The Labute approximate surface area is 231 Å². The summed E-state index contributed by atoms with van der Waals surface area (Å²) in [6.45, 7) is 3.00. The van der Waals surface area contributed by atoms with E-state index < -0.39 is 5.41 Å². The number of methoxy groups -OCH3 is 1. The molecule has 2 aromatic heterocycles. The second kappa shape index (κ2) is 10.4. The second-order valence-electron chi connectivity index (χ2n) is 10.4. The van der Waals surface area contributed by atoms with Crippen LogP contribution in [0.3, 0.4) is 0 Å². The van der Waals surface area contributed by atoms with Gasteiger partial charge in [-0.3, -0.25) is 10.3 Å². The maximum Gasteiger partial charge on any atom is 0.262 e. The lowest BCUT2D eigenvalue weighted by Crippen LogP contribution is -2.38. The van der Waals surface area contributed by atoms with Crippen LogP contribution in [-0.4, -0.2) is 58.5 Å². The monoisotopic (exact) mass is 556 g/mol. The Kier molecular flexibility index (Phi) is 7.29. The quantitative estimate of drug-likeness (QED) is 0.327. The minimum Gasteiger partial charge on any atom is -0.511 e. The molecule has 0 saturated carbocycles. The summed E-state index contributed by atoms with van der Waals surface area (Å²) in [6, 6.07) is 2.50. The smallest absolute Gasteiger partial charge is 0.262 e. The van der Waals surface area contributed by atoms with Crippen molar-refractivity contribution in [3.05, 3.63) is 38.3 Å². The molecule has 38 heavy (non-hydrogen) atoms. The molecule has 1 aliphatic heterocycles. The van der Waals surface area contributed by atoms with E-state index in [-0.39, 0.29) is 46.2 Å². The van der Waals surface area contributed by atoms with Crippen LogP contribution < -0.4 is 15.2 Å². The number of thiophene rings is 1. The van der Waals surface area contributed by atoms with E-state index in [2.05, 4.69) is 28.0 Å². The van der Waals surface area contributed by atoms with Gasteiger partial charge in [0.15, 0.2) is 11.0 Å². The Hall–Kier alpha value is -2.87. The van der Waals surface area contributed by atoms with Gasteiger partial charge in [-0.05, 0) is 77.4 Å². The molecule has 9 nitrogen and oxygen atoms in total. The number of nitriles is 1. The molecule has 202 valence electrons. The third-order valence-electron chi connectivity index (χ3n) is 8.31. The number of nitrogen functional groups attached to an aromatic ring is 1. The molecular weight excluding hydrogens is 524 g/mol. The number of nitrogens with one attached hydrogen (secondary N) is 1. The van der Waals surface area contributed by atoms with E-state index in [0.29, 0.717) is 35.4 Å². The largest absolute Gasteiger partial charge is 0.511 e. The van der Waals surface area contributed by atoms with Gasteiger partial charge in [0.05, 0.1) is 18.1 Å². The van der Waals surface area contributed by atoms with Crippen LogP contribution in [0.15, 0.2) is 11.3 Å². The third kappa shape index (κ3) is 4.31. The number of allylic oxidation sites excluding steroid dienone is 2. The van der Waals surface area contributed by atoms with Crippen LogP contribution in [0.5, 0.6) is 11.6 Å². The summed E-state index contributed by atoms with van der Waals surface area (Å²) in [5, 5.41) is 31.2. The van der Waals surface area contributed by atoms with Crippen molar-refractivity contribution >= 4 is 33.7 Å². The predicted octanol–water partition coefficient (Wildman–Crippen LogP) is 5.15. The summed E-state index contributed by atoms with van der Waals surface area (Å²) in [5.41, 5.74) is 7.22. The number of nitrogens with zero attached hydrogens (tertiary/aromatic N) is 4. The number of fused-ring (bicyclic) bond motifs is 2. The number of hydrogen-bond acceptors (Lipinski definition) is 10. The van der Waals surface area contributed by atoms with Crippen LogP contribution in [0.25, 0.3) is 0 Å². The number of hydrogen-bond donors (Lipinski definition) is 3. The van der Waals surface area contributed by atoms with Crippen LogP contribution >= 0.6 is 22.9 Å². The van der Waals surface area contributed by atoms with Crippen molar-refractivity contribution in [2.45, 2.75) is 75.9 Å². The first-order chi connectivity index (χ1) is 18.2. The van der Waals surface area contributed by atoms with E-state index >= 15 is 0 Å². The van der Waals surface area contributed by atoms with Gasteiger partial charge in [-0.2, -0.15) is 10.2 Å².